The molecular formula is C14H12BrN5O. The quantitative estimate of drug-likeness (QED) is 0.781. The normalized spacial score (nSPS) is 10.6. The fourth-order valence-corrected chi connectivity index (χ4v) is 2.23. The SMILES string of the molecule is CCOc1cnc2ncnc(Nc3cccc(Br)c3)c2n1. The van der Waals surface area contributed by atoms with Crippen molar-refractivity contribution in [1.82, 2.24) is 19.9 Å². The maximum absolute atomic E-state index is 5.37. The zero-order valence-corrected chi connectivity index (χ0v) is 12.8. The molecule has 0 radical (unpaired) electrons. The number of aromatic nitrogens is 4. The molecule has 0 aliphatic rings. The minimum atomic E-state index is 0.456. The molecule has 2 aromatic heterocycles. The first-order valence-electron chi connectivity index (χ1n) is 6.39. The summed E-state index contributed by atoms with van der Waals surface area (Å²) in [5.41, 5.74) is 1.99. The average Bonchev–Trinajstić information content (AvgIpc) is 2.48. The van der Waals surface area contributed by atoms with E-state index in [1.54, 1.807) is 6.20 Å². The molecule has 0 aliphatic heterocycles. The lowest BCUT2D eigenvalue weighted by Gasteiger charge is -2.08. The zero-order valence-electron chi connectivity index (χ0n) is 11.2. The summed E-state index contributed by atoms with van der Waals surface area (Å²) in [5.74, 6) is 1.05. The Morgan fingerprint density at radius 1 is 1.24 bits per heavy atom. The highest BCUT2D eigenvalue weighted by Gasteiger charge is 2.08. The van der Waals surface area contributed by atoms with Crippen LogP contribution in [0.2, 0.25) is 0 Å². The molecule has 2 heterocycles. The summed E-state index contributed by atoms with van der Waals surface area (Å²) in [5, 5.41) is 3.22. The Labute approximate surface area is 129 Å². The van der Waals surface area contributed by atoms with Gasteiger partial charge in [-0.1, -0.05) is 22.0 Å². The second-order valence-corrected chi connectivity index (χ2v) is 5.09. The van der Waals surface area contributed by atoms with Gasteiger partial charge in [-0.25, -0.2) is 19.9 Å². The van der Waals surface area contributed by atoms with E-state index in [0.29, 0.717) is 29.5 Å². The number of halogens is 1. The molecule has 1 aromatic carbocycles. The van der Waals surface area contributed by atoms with Gasteiger partial charge in [0, 0.05) is 10.2 Å². The van der Waals surface area contributed by atoms with Gasteiger partial charge in [-0.3, -0.25) is 0 Å². The van der Waals surface area contributed by atoms with E-state index >= 15 is 0 Å². The van der Waals surface area contributed by atoms with E-state index in [9.17, 15) is 0 Å². The maximum atomic E-state index is 5.37. The molecule has 21 heavy (non-hydrogen) atoms. The number of anilines is 2. The van der Waals surface area contributed by atoms with E-state index in [1.165, 1.54) is 6.33 Å². The summed E-state index contributed by atoms with van der Waals surface area (Å²) in [6.07, 6.45) is 3.01. The van der Waals surface area contributed by atoms with Crippen LogP contribution in [0.15, 0.2) is 41.3 Å². The third-order valence-electron chi connectivity index (χ3n) is 2.70. The molecule has 0 bridgehead atoms. The van der Waals surface area contributed by atoms with Crippen molar-refractivity contribution in [3.63, 3.8) is 0 Å². The van der Waals surface area contributed by atoms with E-state index in [2.05, 4.69) is 41.2 Å². The lowest BCUT2D eigenvalue weighted by Crippen LogP contribution is -2.01. The fraction of sp³-hybridized carbons (Fsp3) is 0.143. The van der Waals surface area contributed by atoms with Gasteiger partial charge >= 0.3 is 0 Å². The van der Waals surface area contributed by atoms with Gasteiger partial charge in [0.25, 0.3) is 0 Å². The first-order chi connectivity index (χ1) is 10.3. The molecule has 0 atom stereocenters. The Morgan fingerprint density at radius 2 is 2.14 bits per heavy atom. The van der Waals surface area contributed by atoms with E-state index < -0.39 is 0 Å². The van der Waals surface area contributed by atoms with Gasteiger partial charge in [0.2, 0.25) is 5.88 Å². The summed E-state index contributed by atoms with van der Waals surface area (Å²) >= 11 is 3.44. The molecule has 0 amide bonds. The first-order valence-corrected chi connectivity index (χ1v) is 7.18. The Morgan fingerprint density at radius 3 is 2.95 bits per heavy atom. The minimum Gasteiger partial charge on any atom is -0.477 e. The van der Waals surface area contributed by atoms with Crippen LogP contribution in [0.1, 0.15) is 6.92 Å². The third-order valence-corrected chi connectivity index (χ3v) is 3.20. The van der Waals surface area contributed by atoms with Crippen LogP contribution in [-0.4, -0.2) is 26.5 Å². The van der Waals surface area contributed by atoms with Gasteiger partial charge in [-0.2, -0.15) is 0 Å². The predicted molar refractivity (Wildman–Crippen MR) is 83.7 cm³/mol. The summed E-state index contributed by atoms with van der Waals surface area (Å²) in [6, 6.07) is 7.79. The van der Waals surface area contributed by atoms with Crippen molar-refractivity contribution in [2.45, 2.75) is 6.92 Å². The van der Waals surface area contributed by atoms with Crippen LogP contribution in [0.3, 0.4) is 0 Å². The molecule has 7 heteroatoms. The summed E-state index contributed by atoms with van der Waals surface area (Å²) in [4.78, 5) is 17.0. The third kappa shape index (κ3) is 3.08. The number of nitrogens with zero attached hydrogens (tertiary/aromatic N) is 4. The summed E-state index contributed by atoms with van der Waals surface area (Å²) < 4.78 is 6.35. The molecule has 3 rings (SSSR count). The largest absolute Gasteiger partial charge is 0.477 e. The number of fused-ring (bicyclic) bond motifs is 1. The Hall–Kier alpha value is -2.28. The number of hydrogen-bond acceptors (Lipinski definition) is 6. The number of rotatable bonds is 4. The van der Waals surface area contributed by atoms with Gasteiger partial charge in [0.05, 0.1) is 12.8 Å². The second kappa shape index (κ2) is 6.01. The molecule has 0 fully saturated rings. The molecule has 106 valence electrons. The molecule has 1 N–H and O–H groups in total. The highest BCUT2D eigenvalue weighted by Crippen LogP contribution is 2.23. The van der Waals surface area contributed by atoms with E-state index in [1.807, 2.05) is 31.2 Å². The van der Waals surface area contributed by atoms with Crippen molar-refractivity contribution < 1.29 is 4.74 Å². The second-order valence-electron chi connectivity index (χ2n) is 4.17. The number of hydrogen-bond donors (Lipinski definition) is 1. The average molecular weight is 346 g/mol. The van der Waals surface area contributed by atoms with E-state index in [0.717, 1.165) is 10.2 Å². The Bertz CT molecular complexity index is 780. The van der Waals surface area contributed by atoms with Crippen molar-refractivity contribution in [2.75, 3.05) is 11.9 Å². The molecule has 6 nitrogen and oxygen atoms in total. The van der Waals surface area contributed by atoms with Crippen molar-refractivity contribution in [1.29, 1.82) is 0 Å². The van der Waals surface area contributed by atoms with Crippen LogP contribution in [0.4, 0.5) is 11.5 Å². The predicted octanol–water partition coefficient (Wildman–Crippen LogP) is 3.32. The molecule has 0 saturated heterocycles. The molecular weight excluding hydrogens is 334 g/mol. The lowest BCUT2D eigenvalue weighted by molar-refractivity contribution is 0.326. The minimum absolute atomic E-state index is 0.456. The van der Waals surface area contributed by atoms with Gasteiger partial charge in [0.1, 0.15) is 6.33 Å². The van der Waals surface area contributed by atoms with Crippen LogP contribution < -0.4 is 10.1 Å². The van der Waals surface area contributed by atoms with Crippen LogP contribution in [0.25, 0.3) is 11.2 Å². The van der Waals surface area contributed by atoms with Crippen LogP contribution in [0.5, 0.6) is 5.88 Å². The summed E-state index contributed by atoms with van der Waals surface area (Å²) in [6.45, 7) is 2.43. The van der Waals surface area contributed by atoms with Gasteiger partial charge in [-0.15, -0.1) is 0 Å². The van der Waals surface area contributed by atoms with Crippen LogP contribution in [0, 0.1) is 0 Å². The topological polar surface area (TPSA) is 72.8 Å². The highest BCUT2D eigenvalue weighted by atomic mass is 79.9. The van der Waals surface area contributed by atoms with Gasteiger partial charge in [-0.05, 0) is 25.1 Å². The van der Waals surface area contributed by atoms with Crippen molar-refractivity contribution in [2.24, 2.45) is 0 Å². The van der Waals surface area contributed by atoms with Crippen molar-refractivity contribution in [3.05, 3.63) is 41.3 Å². The maximum Gasteiger partial charge on any atom is 0.233 e. The number of benzene rings is 1. The lowest BCUT2D eigenvalue weighted by atomic mass is 10.3. The molecule has 0 spiro atoms. The van der Waals surface area contributed by atoms with Crippen molar-refractivity contribution in [3.8, 4) is 5.88 Å². The molecule has 3 aromatic rings. The van der Waals surface area contributed by atoms with Crippen LogP contribution in [-0.2, 0) is 0 Å². The monoisotopic (exact) mass is 345 g/mol. The Kier molecular flexibility index (Phi) is 3.92. The molecule has 0 aliphatic carbocycles. The number of ether oxygens (including phenoxy) is 1. The standard InChI is InChI=1S/C14H12BrN5O/c1-2-21-11-7-16-13-12(20-11)14(18-8-17-13)19-10-5-3-4-9(15)6-10/h3-8H,2H2,1H3,(H,16,17,18,19). The fourth-order valence-electron chi connectivity index (χ4n) is 1.83. The molecule has 0 unspecified atom stereocenters. The first kappa shape index (κ1) is 13.7. The van der Waals surface area contributed by atoms with E-state index in [4.69, 9.17) is 4.74 Å². The number of nitrogens with one attached hydrogen (secondary N) is 1. The van der Waals surface area contributed by atoms with Crippen molar-refractivity contribution >= 4 is 38.6 Å². The molecule has 0 saturated carbocycles. The van der Waals surface area contributed by atoms with Gasteiger partial charge < -0.3 is 10.1 Å². The summed E-state index contributed by atoms with van der Waals surface area (Å²) in [7, 11) is 0. The smallest absolute Gasteiger partial charge is 0.233 e. The van der Waals surface area contributed by atoms with E-state index in [-0.39, 0.29) is 0 Å². The van der Waals surface area contributed by atoms with Gasteiger partial charge in [0.15, 0.2) is 17.0 Å². The highest BCUT2D eigenvalue weighted by molar-refractivity contribution is 9.10. The Balaban J connectivity index is 2.02. The zero-order chi connectivity index (χ0) is 14.7. The van der Waals surface area contributed by atoms with Crippen LogP contribution >= 0.6 is 15.9 Å².